The third kappa shape index (κ3) is 6.67. The molecule has 11 heteroatoms. The predicted molar refractivity (Wildman–Crippen MR) is 236 cm³/mol. The fourth-order valence-corrected chi connectivity index (χ4v) is 10.4. The highest BCUT2D eigenvalue weighted by Gasteiger charge is 2.31. The van der Waals surface area contributed by atoms with Gasteiger partial charge in [0, 0.05) is 46.7 Å². The number of rotatable bonds is 6. The quantitative estimate of drug-likeness (QED) is 0.0928. The molecule has 0 radical (unpaired) electrons. The first-order valence-electron chi connectivity index (χ1n) is 19.5. The highest BCUT2D eigenvalue weighted by atomic mass is 31.2. The van der Waals surface area contributed by atoms with Crippen molar-refractivity contribution >= 4 is 66.0 Å². The summed E-state index contributed by atoms with van der Waals surface area (Å²) in [6, 6.07) is 53.3. The van der Waals surface area contributed by atoms with Crippen molar-refractivity contribution in [1.82, 2.24) is 0 Å². The average molecular weight is 826 g/mol. The largest absolute Gasteiger partial charge is 0.530 e. The molecule has 0 bridgehead atoms. The molecule has 0 N–H and O–H groups in total. The molecule has 9 aromatic carbocycles. The van der Waals surface area contributed by atoms with E-state index in [0.29, 0.717) is 41.4 Å². The second-order valence-electron chi connectivity index (χ2n) is 14.6. The lowest BCUT2D eigenvalue weighted by atomic mass is 9.93. The number of nitrogens with zero attached hydrogens (tertiary/aromatic N) is 1. The van der Waals surface area contributed by atoms with Gasteiger partial charge in [0.05, 0.1) is 17.6 Å². The molecule has 0 saturated heterocycles. The molecule has 2 aliphatic rings. The van der Waals surface area contributed by atoms with Gasteiger partial charge in [0.15, 0.2) is 0 Å². The van der Waals surface area contributed by atoms with Crippen LogP contribution in [0.1, 0.15) is 27.8 Å². The molecule has 0 saturated carbocycles. The molecule has 2 aliphatic heterocycles. The Kier molecular flexibility index (Phi) is 9.16. The maximum absolute atomic E-state index is 12.2. The van der Waals surface area contributed by atoms with Gasteiger partial charge < -0.3 is 22.6 Å². The van der Waals surface area contributed by atoms with E-state index in [1.54, 1.807) is 6.07 Å². The van der Waals surface area contributed by atoms with Gasteiger partial charge in [-0.2, -0.15) is 0 Å². The van der Waals surface area contributed by atoms with Crippen LogP contribution in [0.15, 0.2) is 164 Å². The Morgan fingerprint density at radius 2 is 0.867 bits per heavy atom. The van der Waals surface area contributed by atoms with Crippen LogP contribution in [-0.2, 0) is 24.0 Å². The SMILES string of the molecule is O=[N+]([O-])c1ccc(COP2Oc3ccc4ccccc4c3Cc3c(ccc4ccccc34)O2)c(OP2Oc3ccc4ccccc4c3Cc3c(ccc4ccccc34)O2)c1. The number of hydrogen-bond donors (Lipinski definition) is 0. The van der Waals surface area contributed by atoms with E-state index in [4.69, 9.17) is 27.1 Å². The molecule has 0 amide bonds. The van der Waals surface area contributed by atoms with E-state index in [1.165, 1.54) is 12.1 Å². The summed E-state index contributed by atoms with van der Waals surface area (Å²) in [6.07, 6.45) is 1.16. The third-order valence-electron chi connectivity index (χ3n) is 11.1. The molecule has 2 heterocycles. The summed E-state index contributed by atoms with van der Waals surface area (Å²) in [4.78, 5) is 11.7. The Balaban J connectivity index is 0.963. The fourth-order valence-electron chi connectivity index (χ4n) is 8.20. The van der Waals surface area contributed by atoms with Crippen LogP contribution in [0.25, 0.3) is 43.1 Å². The Hall–Kier alpha value is -6.76. The maximum Gasteiger partial charge on any atom is 0.530 e. The lowest BCUT2D eigenvalue weighted by molar-refractivity contribution is -0.384. The number of nitro benzene ring substituents is 1. The zero-order valence-electron chi connectivity index (χ0n) is 31.8. The number of non-ortho nitro benzene ring substituents is 1. The molecule has 11 rings (SSSR count). The highest BCUT2D eigenvalue weighted by Crippen LogP contribution is 2.52. The molecule has 9 aromatic rings. The second-order valence-corrected chi connectivity index (χ2v) is 16.7. The van der Waals surface area contributed by atoms with Crippen LogP contribution in [0.4, 0.5) is 5.69 Å². The number of hydrogen-bond acceptors (Lipinski definition) is 8. The van der Waals surface area contributed by atoms with Gasteiger partial charge in [-0.25, -0.2) is 0 Å². The fraction of sp³-hybridized carbons (Fsp3) is 0.0612. The van der Waals surface area contributed by atoms with E-state index in [2.05, 4.69) is 48.5 Å². The molecule has 0 spiro atoms. The van der Waals surface area contributed by atoms with Gasteiger partial charge in [0.1, 0.15) is 28.7 Å². The molecular formula is C49H33NO8P2. The maximum atomic E-state index is 12.2. The Bertz CT molecular complexity index is 3000. The molecule has 0 fully saturated rings. The average Bonchev–Trinajstić information content (AvgIpc) is 3.26. The summed E-state index contributed by atoms with van der Waals surface area (Å²) in [5, 5.41) is 20.8. The summed E-state index contributed by atoms with van der Waals surface area (Å²) in [7, 11) is -4.23. The molecule has 0 unspecified atom stereocenters. The van der Waals surface area contributed by atoms with E-state index in [-0.39, 0.29) is 18.0 Å². The summed E-state index contributed by atoms with van der Waals surface area (Å²) >= 11 is 0. The Morgan fingerprint density at radius 3 is 1.27 bits per heavy atom. The van der Waals surface area contributed by atoms with Gasteiger partial charge in [0.25, 0.3) is 5.69 Å². The van der Waals surface area contributed by atoms with E-state index in [9.17, 15) is 10.1 Å². The summed E-state index contributed by atoms with van der Waals surface area (Å²) in [6.45, 7) is -0.0590. The summed E-state index contributed by atoms with van der Waals surface area (Å²) < 4.78 is 39.5. The van der Waals surface area contributed by atoms with Crippen molar-refractivity contribution in [2.45, 2.75) is 19.4 Å². The van der Waals surface area contributed by atoms with Crippen molar-refractivity contribution in [1.29, 1.82) is 0 Å². The zero-order chi connectivity index (χ0) is 40.2. The lowest BCUT2D eigenvalue weighted by Gasteiger charge is -2.26. The monoisotopic (exact) mass is 825 g/mol. The van der Waals surface area contributed by atoms with Gasteiger partial charge in [-0.3, -0.25) is 14.6 Å². The number of fused-ring (bicyclic) bond motifs is 12. The first-order valence-corrected chi connectivity index (χ1v) is 21.6. The van der Waals surface area contributed by atoms with Crippen LogP contribution in [0.2, 0.25) is 0 Å². The minimum Gasteiger partial charge on any atom is -0.417 e. The first kappa shape index (κ1) is 36.3. The summed E-state index contributed by atoms with van der Waals surface area (Å²) in [5.41, 5.74) is 4.42. The highest BCUT2D eigenvalue weighted by molar-refractivity contribution is 7.43. The third-order valence-corrected chi connectivity index (χ3v) is 13.2. The standard InChI is InChI=1S/C49H33NO8P2/c51-50(52)36-22-17-35(30-53-59-54-45-23-18-31-9-1-5-13-37(31)41(45)28-42-38-14-6-2-10-32(38)19-24-46(42)55-59)49(27-36)58-60-56-47-25-20-33-11-3-7-15-39(33)43(47)29-44-40-16-8-4-12-34(40)21-26-48(44)57-60/h1-27H,28-30H2. The van der Waals surface area contributed by atoms with Gasteiger partial charge in [-0.15, -0.1) is 0 Å². The van der Waals surface area contributed by atoms with Crippen molar-refractivity contribution in [3.05, 3.63) is 202 Å². The topological polar surface area (TPSA) is 98.5 Å². The van der Waals surface area contributed by atoms with Crippen LogP contribution in [0, 0.1) is 10.1 Å². The van der Waals surface area contributed by atoms with Crippen molar-refractivity contribution in [2.24, 2.45) is 0 Å². The van der Waals surface area contributed by atoms with Crippen LogP contribution in [0.5, 0.6) is 28.7 Å². The lowest BCUT2D eigenvalue weighted by Crippen LogP contribution is -2.10. The normalized spacial score (nSPS) is 13.9. The molecule has 0 atom stereocenters. The Morgan fingerprint density at radius 1 is 0.483 bits per heavy atom. The minimum absolute atomic E-state index is 0.0590. The van der Waals surface area contributed by atoms with E-state index < -0.39 is 22.1 Å². The molecule has 60 heavy (non-hydrogen) atoms. The van der Waals surface area contributed by atoms with Gasteiger partial charge in [0.2, 0.25) is 0 Å². The first-order chi connectivity index (χ1) is 29.5. The van der Waals surface area contributed by atoms with Crippen molar-refractivity contribution in [3.63, 3.8) is 0 Å². The van der Waals surface area contributed by atoms with Crippen molar-refractivity contribution in [3.8, 4) is 28.7 Å². The van der Waals surface area contributed by atoms with Crippen molar-refractivity contribution in [2.75, 3.05) is 0 Å². The molecule has 0 aliphatic carbocycles. The predicted octanol–water partition coefficient (Wildman–Crippen LogP) is 13.7. The van der Waals surface area contributed by atoms with Gasteiger partial charge in [-0.05, 0) is 73.4 Å². The van der Waals surface area contributed by atoms with E-state index >= 15 is 0 Å². The van der Waals surface area contributed by atoms with Crippen LogP contribution in [-0.4, -0.2) is 4.92 Å². The smallest absolute Gasteiger partial charge is 0.417 e. The molecule has 292 valence electrons. The van der Waals surface area contributed by atoms with E-state index in [0.717, 1.165) is 65.3 Å². The zero-order valence-corrected chi connectivity index (χ0v) is 33.6. The van der Waals surface area contributed by atoms with Crippen molar-refractivity contribution < 1.29 is 32.1 Å². The molecule has 9 nitrogen and oxygen atoms in total. The molecular weight excluding hydrogens is 792 g/mol. The Labute approximate surface area is 346 Å². The number of benzene rings is 9. The molecule has 0 aromatic heterocycles. The van der Waals surface area contributed by atoms with E-state index in [1.807, 2.05) is 97.1 Å². The summed E-state index contributed by atoms with van der Waals surface area (Å²) in [5.74, 6) is 2.73. The minimum atomic E-state index is -2.20. The van der Waals surface area contributed by atoms with Crippen LogP contribution < -0.4 is 22.6 Å². The van der Waals surface area contributed by atoms with Gasteiger partial charge in [-0.1, -0.05) is 121 Å². The van der Waals surface area contributed by atoms with Crippen LogP contribution in [0.3, 0.4) is 0 Å². The number of nitro groups is 1. The van der Waals surface area contributed by atoms with Gasteiger partial charge >= 0.3 is 17.2 Å². The van der Waals surface area contributed by atoms with Crippen LogP contribution >= 0.6 is 17.2 Å². The second kappa shape index (κ2) is 15.1.